The molecule has 1 amide bonds. The summed E-state index contributed by atoms with van der Waals surface area (Å²) in [4.78, 5) is 13.7. The molecule has 6 heteroatoms. The van der Waals surface area contributed by atoms with Crippen molar-refractivity contribution in [2.45, 2.75) is 44.9 Å². The van der Waals surface area contributed by atoms with Gasteiger partial charge in [-0.3, -0.25) is 9.00 Å². The van der Waals surface area contributed by atoms with E-state index in [1.807, 2.05) is 6.92 Å². The summed E-state index contributed by atoms with van der Waals surface area (Å²) in [5, 5.41) is 0. The number of carbonyl (C=O) groups excluding carboxylic acids is 1. The van der Waals surface area contributed by atoms with Gasteiger partial charge >= 0.3 is 0 Å². The zero-order chi connectivity index (χ0) is 14.4. The predicted molar refractivity (Wildman–Crippen MR) is 75.6 cm³/mol. The highest BCUT2D eigenvalue weighted by Gasteiger charge is 2.24. The maximum absolute atomic E-state index is 12.1. The molecule has 0 unspecified atom stereocenters. The number of hydrogen-bond acceptors (Lipinski definition) is 4. The van der Waals surface area contributed by atoms with Crippen LogP contribution in [0.15, 0.2) is 0 Å². The molecule has 0 spiro atoms. The summed E-state index contributed by atoms with van der Waals surface area (Å²) in [5.74, 6) is 0.414. The summed E-state index contributed by atoms with van der Waals surface area (Å²) in [6.07, 6.45) is 3.35. The number of hydrogen-bond donors (Lipinski definition) is 0. The van der Waals surface area contributed by atoms with Crippen LogP contribution in [0, 0.1) is 0 Å². The number of likely N-dealkylation sites (N-methyl/N-ethyl adjacent to an activating group) is 1. The number of carbonyl (C=O) groups is 1. The molecule has 1 rings (SSSR count). The Bertz CT molecular complexity index is 318. The topological polar surface area (TPSA) is 55.8 Å². The standard InChI is InChI=1S/C13H25NO4S/c1-10(9-19(4)16)14(3)13(15)11(2)18-8-12-6-5-7-17-12/h10-12H,5-9H2,1-4H3/t10-,11+,12+,19-/m1/s1. The summed E-state index contributed by atoms with van der Waals surface area (Å²) in [6, 6.07) is -0.0490. The molecule has 5 nitrogen and oxygen atoms in total. The molecule has 0 aromatic heterocycles. The van der Waals surface area contributed by atoms with Crippen molar-refractivity contribution in [1.29, 1.82) is 0 Å². The highest BCUT2D eigenvalue weighted by molar-refractivity contribution is 7.84. The van der Waals surface area contributed by atoms with Gasteiger partial charge in [0.25, 0.3) is 5.91 Å². The van der Waals surface area contributed by atoms with Crippen LogP contribution in [0.4, 0.5) is 0 Å². The first kappa shape index (κ1) is 16.6. The first-order valence-corrected chi connectivity index (χ1v) is 8.44. The van der Waals surface area contributed by atoms with Crippen LogP contribution in [-0.4, -0.2) is 65.5 Å². The minimum absolute atomic E-state index is 0.0490. The van der Waals surface area contributed by atoms with Crippen molar-refractivity contribution >= 4 is 16.7 Å². The molecule has 4 atom stereocenters. The molecule has 0 aliphatic carbocycles. The van der Waals surface area contributed by atoms with Crippen LogP contribution in [0.2, 0.25) is 0 Å². The Morgan fingerprint density at radius 3 is 2.74 bits per heavy atom. The second kappa shape index (κ2) is 7.97. The van der Waals surface area contributed by atoms with Crippen molar-refractivity contribution in [3.63, 3.8) is 0 Å². The quantitative estimate of drug-likeness (QED) is 0.696. The SMILES string of the molecule is C[C@H](OC[C@@H]1CCCO1)C(=O)N(C)[C@H](C)C[S@@](C)=O. The summed E-state index contributed by atoms with van der Waals surface area (Å²) < 4.78 is 22.2. The molecule has 1 saturated heterocycles. The van der Waals surface area contributed by atoms with E-state index < -0.39 is 16.9 Å². The lowest BCUT2D eigenvalue weighted by molar-refractivity contribution is -0.144. The molecule has 1 fully saturated rings. The molecule has 1 aliphatic rings. The fraction of sp³-hybridized carbons (Fsp3) is 0.923. The second-order valence-electron chi connectivity index (χ2n) is 5.15. The highest BCUT2D eigenvalue weighted by Crippen LogP contribution is 2.13. The van der Waals surface area contributed by atoms with Gasteiger partial charge in [0.05, 0.1) is 12.7 Å². The molecular formula is C13H25NO4S. The minimum atomic E-state index is -0.906. The molecule has 1 aliphatic heterocycles. The Morgan fingerprint density at radius 2 is 2.21 bits per heavy atom. The molecule has 19 heavy (non-hydrogen) atoms. The van der Waals surface area contributed by atoms with Gasteiger partial charge in [-0.05, 0) is 26.7 Å². The van der Waals surface area contributed by atoms with E-state index in [2.05, 4.69) is 0 Å². The average Bonchev–Trinajstić information content (AvgIpc) is 2.86. The van der Waals surface area contributed by atoms with Crippen LogP contribution in [-0.2, 0) is 25.1 Å². The lowest BCUT2D eigenvalue weighted by Crippen LogP contribution is -2.44. The van der Waals surface area contributed by atoms with E-state index in [0.717, 1.165) is 19.4 Å². The van der Waals surface area contributed by atoms with Gasteiger partial charge in [0.1, 0.15) is 6.10 Å². The van der Waals surface area contributed by atoms with E-state index >= 15 is 0 Å². The molecule has 0 bridgehead atoms. The summed E-state index contributed by atoms with van der Waals surface area (Å²) in [5.41, 5.74) is 0. The van der Waals surface area contributed by atoms with E-state index in [0.29, 0.717) is 12.4 Å². The van der Waals surface area contributed by atoms with Crippen molar-refractivity contribution in [1.82, 2.24) is 4.90 Å². The van der Waals surface area contributed by atoms with E-state index in [9.17, 15) is 9.00 Å². The third-order valence-corrected chi connectivity index (χ3v) is 4.34. The number of amides is 1. The summed E-state index contributed by atoms with van der Waals surface area (Å²) in [7, 11) is 0.822. The highest BCUT2D eigenvalue weighted by atomic mass is 32.2. The average molecular weight is 291 g/mol. The molecular weight excluding hydrogens is 266 g/mol. The van der Waals surface area contributed by atoms with Crippen LogP contribution < -0.4 is 0 Å². The Kier molecular flexibility index (Phi) is 6.96. The fourth-order valence-electron chi connectivity index (χ4n) is 2.05. The van der Waals surface area contributed by atoms with Crippen molar-refractivity contribution in [2.75, 3.05) is 32.3 Å². The molecule has 0 aromatic rings. The van der Waals surface area contributed by atoms with Gasteiger partial charge in [-0.25, -0.2) is 0 Å². The van der Waals surface area contributed by atoms with E-state index in [1.54, 1.807) is 25.1 Å². The minimum Gasteiger partial charge on any atom is -0.376 e. The van der Waals surface area contributed by atoms with Crippen molar-refractivity contribution in [3.8, 4) is 0 Å². The Morgan fingerprint density at radius 1 is 1.53 bits per heavy atom. The lowest BCUT2D eigenvalue weighted by Gasteiger charge is -2.27. The van der Waals surface area contributed by atoms with Crippen LogP contribution in [0.1, 0.15) is 26.7 Å². The van der Waals surface area contributed by atoms with Gasteiger partial charge in [-0.2, -0.15) is 0 Å². The van der Waals surface area contributed by atoms with Crippen LogP contribution in [0.5, 0.6) is 0 Å². The van der Waals surface area contributed by atoms with Crippen LogP contribution in [0.25, 0.3) is 0 Å². The van der Waals surface area contributed by atoms with Crippen LogP contribution in [0.3, 0.4) is 0 Å². The van der Waals surface area contributed by atoms with Gasteiger partial charge in [0, 0.05) is 42.5 Å². The number of ether oxygens (including phenoxy) is 2. The molecule has 1 heterocycles. The van der Waals surface area contributed by atoms with Crippen LogP contribution >= 0.6 is 0 Å². The first-order chi connectivity index (χ1) is 8.91. The maximum Gasteiger partial charge on any atom is 0.251 e. The number of nitrogens with zero attached hydrogens (tertiary/aromatic N) is 1. The third kappa shape index (κ3) is 5.58. The third-order valence-electron chi connectivity index (χ3n) is 3.39. The Balaban J connectivity index is 2.35. The van der Waals surface area contributed by atoms with Gasteiger partial charge in [0.2, 0.25) is 0 Å². The first-order valence-electron chi connectivity index (χ1n) is 6.71. The second-order valence-corrected chi connectivity index (χ2v) is 6.63. The zero-order valence-corrected chi connectivity index (χ0v) is 13.1. The predicted octanol–water partition coefficient (Wildman–Crippen LogP) is 0.796. The van der Waals surface area contributed by atoms with Gasteiger partial charge in [0.15, 0.2) is 0 Å². The fourth-order valence-corrected chi connectivity index (χ4v) is 2.96. The van der Waals surface area contributed by atoms with Crippen molar-refractivity contribution in [3.05, 3.63) is 0 Å². The molecule has 0 aromatic carbocycles. The Hall–Kier alpha value is -0.460. The largest absolute Gasteiger partial charge is 0.376 e. The number of rotatable bonds is 7. The maximum atomic E-state index is 12.1. The van der Waals surface area contributed by atoms with Gasteiger partial charge in [-0.15, -0.1) is 0 Å². The normalized spacial score (nSPS) is 23.9. The Labute approximate surface area is 118 Å². The molecule has 0 saturated carbocycles. The van der Waals surface area contributed by atoms with E-state index in [-0.39, 0.29) is 18.1 Å². The van der Waals surface area contributed by atoms with E-state index in [1.165, 1.54) is 0 Å². The monoisotopic (exact) mass is 291 g/mol. The van der Waals surface area contributed by atoms with Crippen molar-refractivity contribution in [2.24, 2.45) is 0 Å². The summed E-state index contributed by atoms with van der Waals surface area (Å²) in [6.45, 7) is 4.90. The molecule has 112 valence electrons. The zero-order valence-electron chi connectivity index (χ0n) is 12.3. The van der Waals surface area contributed by atoms with E-state index in [4.69, 9.17) is 9.47 Å². The lowest BCUT2D eigenvalue weighted by atomic mass is 10.2. The summed E-state index contributed by atoms with van der Waals surface area (Å²) >= 11 is 0. The smallest absolute Gasteiger partial charge is 0.251 e. The van der Waals surface area contributed by atoms with Gasteiger partial charge in [-0.1, -0.05) is 0 Å². The molecule has 0 radical (unpaired) electrons. The molecule has 0 N–H and O–H groups in total. The van der Waals surface area contributed by atoms with Crippen molar-refractivity contribution < 1.29 is 18.5 Å². The van der Waals surface area contributed by atoms with Gasteiger partial charge < -0.3 is 14.4 Å².